The van der Waals surface area contributed by atoms with E-state index in [1.54, 1.807) is 6.07 Å². The van der Waals surface area contributed by atoms with E-state index in [1.807, 2.05) is 6.92 Å². The van der Waals surface area contributed by atoms with Gasteiger partial charge in [0.1, 0.15) is 0 Å². The molecule has 0 aliphatic carbocycles. The van der Waals surface area contributed by atoms with Crippen LogP contribution >= 0.6 is 0 Å². The molecule has 0 heterocycles. The second-order valence-corrected chi connectivity index (χ2v) is 3.02. The van der Waals surface area contributed by atoms with Crippen molar-refractivity contribution < 1.29 is 18.3 Å². The molecule has 1 aromatic carbocycles. The summed E-state index contributed by atoms with van der Waals surface area (Å²) in [5.74, 6) is 0. The van der Waals surface area contributed by atoms with Crippen molar-refractivity contribution in [2.24, 2.45) is 0 Å². The number of alkyl halides is 3. The molecule has 4 heteroatoms. The minimum absolute atomic E-state index is 0.211. The summed E-state index contributed by atoms with van der Waals surface area (Å²) in [5.41, 5.74) is 0.532. The molecule has 0 aliphatic heterocycles. The predicted octanol–water partition coefficient (Wildman–Crippen LogP) is 3.28. The van der Waals surface area contributed by atoms with Crippen molar-refractivity contribution in [1.82, 2.24) is 0 Å². The molecule has 0 N–H and O–H groups in total. The lowest BCUT2D eigenvalue weighted by molar-refractivity contribution is -0.225. The van der Waals surface area contributed by atoms with Gasteiger partial charge in [0.15, 0.2) is 0 Å². The van der Waals surface area contributed by atoms with Crippen LogP contribution in [0.25, 0.3) is 0 Å². The number of hydrogen-bond acceptors (Lipinski definition) is 0. The van der Waals surface area contributed by atoms with E-state index < -0.39 is 12.3 Å². The Kier molecular flexibility index (Phi) is 3.16. The molecule has 1 nitrogen and oxygen atoms in total. The molecule has 1 unspecified atom stereocenters. The van der Waals surface area contributed by atoms with Crippen LogP contribution in [0.2, 0.25) is 0 Å². The van der Waals surface area contributed by atoms with Gasteiger partial charge in [-0.15, -0.1) is 0 Å². The van der Waals surface area contributed by atoms with Crippen LogP contribution in [0.5, 0.6) is 0 Å². The first-order valence-electron chi connectivity index (χ1n) is 4.26. The molecule has 0 saturated heterocycles. The van der Waals surface area contributed by atoms with Crippen molar-refractivity contribution >= 4 is 0 Å². The molecule has 1 aromatic rings. The zero-order valence-corrected chi connectivity index (χ0v) is 7.64. The standard InChI is InChI=1S/C10H10F3O/c1-2-7-4-3-5-8(6-7)9(14)10(11,12)13/h3-6,9H,2H2,1H3. The molecule has 1 atom stereocenters. The van der Waals surface area contributed by atoms with Crippen LogP contribution in [-0.2, 0) is 11.5 Å². The van der Waals surface area contributed by atoms with Crippen LogP contribution < -0.4 is 0 Å². The number of halogens is 3. The van der Waals surface area contributed by atoms with Crippen molar-refractivity contribution in [2.75, 3.05) is 0 Å². The molecule has 0 bridgehead atoms. The summed E-state index contributed by atoms with van der Waals surface area (Å²) in [6.45, 7) is 1.83. The van der Waals surface area contributed by atoms with Crippen LogP contribution in [0.4, 0.5) is 13.2 Å². The second kappa shape index (κ2) is 4.00. The maximum absolute atomic E-state index is 12.1. The Morgan fingerprint density at radius 3 is 2.50 bits per heavy atom. The third-order valence-corrected chi connectivity index (χ3v) is 1.96. The van der Waals surface area contributed by atoms with E-state index in [4.69, 9.17) is 0 Å². The van der Waals surface area contributed by atoms with Crippen molar-refractivity contribution in [1.29, 1.82) is 0 Å². The third-order valence-electron chi connectivity index (χ3n) is 1.96. The fourth-order valence-corrected chi connectivity index (χ4v) is 1.17. The normalized spacial score (nSPS) is 14.1. The second-order valence-electron chi connectivity index (χ2n) is 3.02. The van der Waals surface area contributed by atoms with Crippen LogP contribution in [0.1, 0.15) is 24.2 Å². The first-order valence-corrected chi connectivity index (χ1v) is 4.26. The molecule has 0 spiro atoms. The highest BCUT2D eigenvalue weighted by molar-refractivity contribution is 5.25. The molecular weight excluding hydrogens is 193 g/mol. The zero-order chi connectivity index (χ0) is 10.8. The van der Waals surface area contributed by atoms with Gasteiger partial charge in [-0.2, -0.15) is 13.2 Å². The molecule has 0 saturated carbocycles. The van der Waals surface area contributed by atoms with Gasteiger partial charge in [0, 0.05) is 0 Å². The molecule has 1 radical (unpaired) electrons. The maximum Gasteiger partial charge on any atom is 0.422 e. The molecule has 77 valence electrons. The lowest BCUT2D eigenvalue weighted by atomic mass is 10.0. The summed E-state index contributed by atoms with van der Waals surface area (Å²) < 4.78 is 36.2. The Hall–Kier alpha value is -1.03. The predicted molar refractivity (Wildman–Crippen MR) is 45.3 cm³/mol. The van der Waals surface area contributed by atoms with Crippen molar-refractivity contribution in [2.45, 2.75) is 25.6 Å². The largest absolute Gasteiger partial charge is 0.422 e. The lowest BCUT2D eigenvalue weighted by Gasteiger charge is -2.13. The average Bonchev–Trinajstić information content (AvgIpc) is 2.15. The van der Waals surface area contributed by atoms with Gasteiger partial charge in [-0.05, 0) is 17.5 Å². The molecule has 0 aliphatic rings. The van der Waals surface area contributed by atoms with Gasteiger partial charge in [0.05, 0.1) is 0 Å². The van der Waals surface area contributed by atoms with E-state index >= 15 is 0 Å². The smallest absolute Gasteiger partial charge is 0.218 e. The van der Waals surface area contributed by atoms with E-state index in [0.717, 1.165) is 5.56 Å². The fraction of sp³-hybridized carbons (Fsp3) is 0.400. The minimum Gasteiger partial charge on any atom is -0.218 e. The zero-order valence-electron chi connectivity index (χ0n) is 7.64. The van der Waals surface area contributed by atoms with Crippen molar-refractivity contribution in [3.63, 3.8) is 0 Å². The first kappa shape index (κ1) is 11.0. The Morgan fingerprint density at radius 1 is 1.36 bits per heavy atom. The number of benzene rings is 1. The minimum atomic E-state index is -4.70. The third kappa shape index (κ3) is 2.48. The van der Waals surface area contributed by atoms with Crippen LogP contribution in [0.15, 0.2) is 24.3 Å². The van der Waals surface area contributed by atoms with Crippen molar-refractivity contribution in [3.05, 3.63) is 35.4 Å². The van der Waals surface area contributed by atoms with Gasteiger partial charge < -0.3 is 0 Å². The van der Waals surface area contributed by atoms with Gasteiger partial charge >= 0.3 is 6.18 Å². The van der Waals surface area contributed by atoms with E-state index in [1.165, 1.54) is 18.2 Å². The molecule has 0 amide bonds. The monoisotopic (exact) mass is 203 g/mol. The first-order chi connectivity index (χ1) is 6.45. The summed E-state index contributed by atoms with van der Waals surface area (Å²) in [5, 5.41) is 10.9. The Balaban J connectivity index is 2.95. The topological polar surface area (TPSA) is 19.9 Å². The highest BCUT2D eigenvalue weighted by atomic mass is 19.4. The van der Waals surface area contributed by atoms with Crippen LogP contribution in [0.3, 0.4) is 0 Å². The Morgan fingerprint density at radius 2 is 2.00 bits per heavy atom. The number of aryl methyl sites for hydroxylation is 1. The molecule has 0 fully saturated rings. The Bertz CT molecular complexity index is 306. The summed E-state index contributed by atoms with van der Waals surface area (Å²) in [7, 11) is 0. The maximum atomic E-state index is 12.1. The summed E-state index contributed by atoms with van der Waals surface area (Å²) in [6.07, 6.45) is -6.71. The highest BCUT2D eigenvalue weighted by Gasteiger charge is 2.40. The molecule has 14 heavy (non-hydrogen) atoms. The summed E-state index contributed by atoms with van der Waals surface area (Å²) in [4.78, 5) is 0. The summed E-state index contributed by atoms with van der Waals surface area (Å²) >= 11 is 0. The quantitative estimate of drug-likeness (QED) is 0.702. The van der Waals surface area contributed by atoms with E-state index in [-0.39, 0.29) is 5.56 Å². The average molecular weight is 203 g/mol. The van der Waals surface area contributed by atoms with Gasteiger partial charge in [0.2, 0.25) is 6.10 Å². The molecule has 0 aromatic heterocycles. The fourth-order valence-electron chi connectivity index (χ4n) is 1.17. The van der Waals surface area contributed by atoms with E-state index in [2.05, 4.69) is 0 Å². The van der Waals surface area contributed by atoms with E-state index in [0.29, 0.717) is 6.42 Å². The molecule has 1 rings (SSSR count). The van der Waals surface area contributed by atoms with Crippen LogP contribution in [0, 0.1) is 0 Å². The van der Waals surface area contributed by atoms with Crippen molar-refractivity contribution in [3.8, 4) is 0 Å². The molecular formula is C10H10F3O. The van der Waals surface area contributed by atoms with Gasteiger partial charge in [0.25, 0.3) is 0 Å². The van der Waals surface area contributed by atoms with Gasteiger partial charge in [-0.1, -0.05) is 31.2 Å². The Labute approximate surface area is 80.2 Å². The lowest BCUT2D eigenvalue weighted by Crippen LogP contribution is -2.19. The van der Waals surface area contributed by atoms with Gasteiger partial charge in [-0.25, -0.2) is 5.11 Å². The van der Waals surface area contributed by atoms with Gasteiger partial charge in [-0.3, -0.25) is 0 Å². The SMILES string of the molecule is CCc1cccc(C([O])C(F)(F)F)c1. The van der Waals surface area contributed by atoms with Crippen LogP contribution in [-0.4, -0.2) is 6.18 Å². The number of rotatable bonds is 2. The summed E-state index contributed by atoms with van der Waals surface area (Å²) in [6, 6.07) is 5.70. The number of hydrogen-bond donors (Lipinski definition) is 0. The van der Waals surface area contributed by atoms with E-state index in [9.17, 15) is 18.3 Å². The highest BCUT2D eigenvalue weighted by Crippen LogP contribution is 2.33.